The standard InChI is InChI=1S/C24H39N5O.HI/c1-3-5-15-26-23(30)20-12-10-19(11-13-20)17-27-24(25-4-2)28-21-14-16-29(18-21)22-8-6-7-9-22;/h10-13,21-22H,3-9,14-18H2,1-2H3,(H,26,30)(H2,25,27,28);1H. The number of amides is 1. The molecule has 0 bridgehead atoms. The number of unbranched alkanes of at least 4 members (excludes halogenated alkanes) is 1. The second-order valence-electron chi connectivity index (χ2n) is 8.56. The lowest BCUT2D eigenvalue weighted by Gasteiger charge is -2.24. The van der Waals surface area contributed by atoms with E-state index in [4.69, 9.17) is 4.99 Å². The average Bonchev–Trinajstić information content (AvgIpc) is 3.45. The van der Waals surface area contributed by atoms with Crippen LogP contribution in [-0.2, 0) is 6.54 Å². The Labute approximate surface area is 205 Å². The average molecular weight is 542 g/mol. The molecule has 1 atom stereocenters. The molecule has 3 rings (SSSR count). The maximum absolute atomic E-state index is 12.1. The lowest BCUT2D eigenvalue weighted by atomic mass is 10.1. The van der Waals surface area contributed by atoms with Gasteiger partial charge in [0.15, 0.2) is 5.96 Å². The van der Waals surface area contributed by atoms with Crippen molar-refractivity contribution in [2.45, 2.75) is 77.4 Å². The number of hydrogen-bond acceptors (Lipinski definition) is 3. The molecule has 1 aliphatic heterocycles. The molecule has 174 valence electrons. The van der Waals surface area contributed by atoms with E-state index in [-0.39, 0.29) is 29.9 Å². The first-order chi connectivity index (χ1) is 14.7. The van der Waals surface area contributed by atoms with E-state index in [0.717, 1.165) is 50.0 Å². The third-order valence-electron chi connectivity index (χ3n) is 6.20. The second-order valence-corrected chi connectivity index (χ2v) is 8.56. The summed E-state index contributed by atoms with van der Waals surface area (Å²) in [7, 11) is 0. The zero-order valence-electron chi connectivity index (χ0n) is 19.2. The largest absolute Gasteiger partial charge is 0.357 e. The summed E-state index contributed by atoms with van der Waals surface area (Å²) in [6.45, 7) is 8.73. The van der Waals surface area contributed by atoms with Crippen LogP contribution < -0.4 is 16.0 Å². The second kappa shape index (κ2) is 13.9. The van der Waals surface area contributed by atoms with E-state index >= 15 is 0 Å². The normalized spacial score (nSPS) is 19.8. The molecule has 3 N–H and O–H groups in total. The van der Waals surface area contributed by atoms with Gasteiger partial charge in [-0.15, -0.1) is 24.0 Å². The van der Waals surface area contributed by atoms with Gasteiger partial charge < -0.3 is 16.0 Å². The Morgan fingerprint density at radius 3 is 2.52 bits per heavy atom. The van der Waals surface area contributed by atoms with Gasteiger partial charge in [-0.3, -0.25) is 9.69 Å². The van der Waals surface area contributed by atoms with Gasteiger partial charge in [0.1, 0.15) is 0 Å². The quantitative estimate of drug-likeness (QED) is 0.192. The molecule has 1 unspecified atom stereocenters. The van der Waals surface area contributed by atoms with Crippen LogP contribution in [-0.4, -0.2) is 55.0 Å². The van der Waals surface area contributed by atoms with Crippen LogP contribution in [0.4, 0.5) is 0 Å². The third kappa shape index (κ3) is 8.25. The zero-order chi connectivity index (χ0) is 21.2. The summed E-state index contributed by atoms with van der Waals surface area (Å²) in [4.78, 5) is 19.6. The number of likely N-dealkylation sites (tertiary alicyclic amines) is 1. The van der Waals surface area contributed by atoms with Crippen LogP contribution in [0, 0.1) is 0 Å². The zero-order valence-corrected chi connectivity index (χ0v) is 21.5. The number of nitrogens with zero attached hydrogens (tertiary/aromatic N) is 2. The molecular formula is C24H40IN5O. The maximum atomic E-state index is 12.1. The van der Waals surface area contributed by atoms with E-state index in [9.17, 15) is 4.79 Å². The summed E-state index contributed by atoms with van der Waals surface area (Å²) in [6.07, 6.45) is 8.80. The maximum Gasteiger partial charge on any atom is 0.251 e. The first-order valence-electron chi connectivity index (χ1n) is 11.9. The Kier molecular flexibility index (Phi) is 11.6. The highest BCUT2D eigenvalue weighted by Crippen LogP contribution is 2.26. The number of carbonyl (C=O) groups excluding carboxylic acids is 1. The van der Waals surface area contributed by atoms with Gasteiger partial charge in [-0.25, -0.2) is 4.99 Å². The monoisotopic (exact) mass is 541 g/mol. The Balaban J connectivity index is 0.00000341. The van der Waals surface area contributed by atoms with Crippen LogP contribution in [0.25, 0.3) is 0 Å². The lowest BCUT2D eigenvalue weighted by molar-refractivity contribution is 0.0953. The predicted octanol–water partition coefficient (Wildman–Crippen LogP) is 3.91. The van der Waals surface area contributed by atoms with E-state index in [0.29, 0.717) is 18.2 Å². The van der Waals surface area contributed by atoms with Crippen molar-refractivity contribution in [2.75, 3.05) is 26.2 Å². The van der Waals surface area contributed by atoms with Gasteiger partial charge in [0.05, 0.1) is 6.54 Å². The van der Waals surface area contributed by atoms with Gasteiger partial charge in [-0.2, -0.15) is 0 Å². The number of carbonyl (C=O) groups is 1. The summed E-state index contributed by atoms with van der Waals surface area (Å²) in [5.41, 5.74) is 1.82. The van der Waals surface area contributed by atoms with Crippen LogP contribution in [0.1, 0.15) is 74.7 Å². The van der Waals surface area contributed by atoms with Crippen LogP contribution in [0.3, 0.4) is 0 Å². The highest BCUT2D eigenvalue weighted by molar-refractivity contribution is 14.0. The Morgan fingerprint density at radius 2 is 1.84 bits per heavy atom. The molecule has 2 aliphatic rings. The summed E-state index contributed by atoms with van der Waals surface area (Å²) in [5.74, 6) is 0.888. The van der Waals surface area contributed by atoms with Crippen molar-refractivity contribution in [2.24, 2.45) is 4.99 Å². The fourth-order valence-corrected chi connectivity index (χ4v) is 4.43. The van der Waals surface area contributed by atoms with Crippen LogP contribution in [0.2, 0.25) is 0 Å². The number of guanidine groups is 1. The Hall–Kier alpha value is -1.35. The molecular weight excluding hydrogens is 501 g/mol. The van der Waals surface area contributed by atoms with E-state index in [2.05, 4.69) is 34.7 Å². The number of hydrogen-bond donors (Lipinski definition) is 3. The summed E-state index contributed by atoms with van der Waals surface area (Å²) in [5, 5.41) is 9.97. The van der Waals surface area contributed by atoms with Crippen molar-refractivity contribution in [3.63, 3.8) is 0 Å². The number of halogens is 1. The first kappa shape index (κ1) is 25.9. The summed E-state index contributed by atoms with van der Waals surface area (Å²) < 4.78 is 0. The number of nitrogens with one attached hydrogen (secondary N) is 3. The molecule has 1 aromatic carbocycles. The topological polar surface area (TPSA) is 68.8 Å². The first-order valence-corrected chi connectivity index (χ1v) is 11.9. The van der Waals surface area contributed by atoms with E-state index < -0.39 is 0 Å². The predicted molar refractivity (Wildman–Crippen MR) is 139 cm³/mol. The molecule has 1 aromatic rings. The fourth-order valence-electron chi connectivity index (χ4n) is 4.43. The minimum Gasteiger partial charge on any atom is -0.357 e. The van der Waals surface area contributed by atoms with E-state index in [1.165, 1.54) is 38.6 Å². The van der Waals surface area contributed by atoms with Gasteiger partial charge in [-0.1, -0.05) is 38.3 Å². The van der Waals surface area contributed by atoms with Crippen LogP contribution in [0.5, 0.6) is 0 Å². The summed E-state index contributed by atoms with van der Waals surface area (Å²) >= 11 is 0. The van der Waals surface area contributed by atoms with Crippen molar-refractivity contribution in [1.82, 2.24) is 20.9 Å². The van der Waals surface area contributed by atoms with Crippen LogP contribution >= 0.6 is 24.0 Å². The molecule has 1 amide bonds. The highest BCUT2D eigenvalue weighted by atomic mass is 127. The van der Waals surface area contributed by atoms with Crippen LogP contribution in [0.15, 0.2) is 29.3 Å². The number of benzene rings is 1. The SMILES string of the molecule is CCCCNC(=O)c1ccc(CN=C(NCC)NC2CCN(C3CCCC3)C2)cc1.I. The molecule has 6 nitrogen and oxygen atoms in total. The molecule has 1 saturated carbocycles. The molecule has 0 radical (unpaired) electrons. The number of aliphatic imine (C=N–C) groups is 1. The minimum absolute atomic E-state index is 0. The van der Waals surface area contributed by atoms with Crippen molar-refractivity contribution < 1.29 is 4.79 Å². The van der Waals surface area contributed by atoms with E-state index in [1.54, 1.807) is 0 Å². The molecule has 0 aromatic heterocycles. The van der Waals surface area contributed by atoms with E-state index in [1.807, 2.05) is 24.3 Å². The van der Waals surface area contributed by atoms with Crippen molar-refractivity contribution >= 4 is 35.8 Å². The molecule has 31 heavy (non-hydrogen) atoms. The van der Waals surface area contributed by atoms with Gasteiger partial charge in [0.2, 0.25) is 0 Å². The summed E-state index contributed by atoms with van der Waals surface area (Å²) in [6, 6.07) is 9.05. The molecule has 2 fully saturated rings. The Morgan fingerprint density at radius 1 is 1.10 bits per heavy atom. The van der Waals surface area contributed by atoms with Crippen molar-refractivity contribution in [3.05, 3.63) is 35.4 Å². The van der Waals surface area contributed by atoms with Gasteiger partial charge in [0, 0.05) is 43.8 Å². The van der Waals surface area contributed by atoms with Crippen molar-refractivity contribution in [1.29, 1.82) is 0 Å². The Bertz CT molecular complexity index is 688. The molecule has 1 saturated heterocycles. The molecule has 1 heterocycles. The highest BCUT2D eigenvalue weighted by Gasteiger charge is 2.30. The van der Waals surface area contributed by atoms with Crippen molar-refractivity contribution in [3.8, 4) is 0 Å². The smallest absolute Gasteiger partial charge is 0.251 e. The third-order valence-corrected chi connectivity index (χ3v) is 6.20. The van der Waals surface area contributed by atoms with Gasteiger partial charge in [0.25, 0.3) is 5.91 Å². The molecule has 7 heteroatoms. The minimum atomic E-state index is 0. The van der Waals surface area contributed by atoms with Gasteiger partial charge in [-0.05, 0) is 50.3 Å². The fraction of sp³-hybridized carbons (Fsp3) is 0.667. The molecule has 1 aliphatic carbocycles. The number of rotatable bonds is 9. The van der Waals surface area contributed by atoms with Gasteiger partial charge >= 0.3 is 0 Å². The lowest BCUT2D eigenvalue weighted by Crippen LogP contribution is -2.45. The molecule has 0 spiro atoms.